The number of rotatable bonds is 10. The predicted molar refractivity (Wildman–Crippen MR) is 92.7 cm³/mol. The second-order valence-corrected chi connectivity index (χ2v) is 5.54. The van der Waals surface area contributed by atoms with E-state index in [0.29, 0.717) is 18.5 Å². The standard InChI is InChI=1S/C18H26N2O4/c1-14(9-12-24-15(2)21)18(22)19-10-11-20(3)13-16-5-7-17(23-4)8-6-16/h5-8H,1,9-13H2,2-4H3,(H,19,22). The van der Waals surface area contributed by atoms with Crippen molar-refractivity contribution in [3.05, 3.63) is 42.0 Å². The zero-order valence-electron chi connectivity index (χ0n) is 14.6. The van der Waals surface area contributed by atoms with E-state index in [4.69, 9.17) is 9.47 Å². The second kappa shape index (κ2) is 10.4. The van der Waals surface area contributed by atoms with E-state index < -0.39 is 0 Å². The molecule has 0 heterocycles. The van der Waals surface area contributed by atoms with E-state index in [0.717, 1.165) is 18.8 Å². The highest BCUT2D eigenvalue weighted by Crippen LogP contribution is 2.12. The molecule has 0 fully saturated rings. The number of amides is 1. The van der Waals surface area contributed by atoms with Crippen LogP contribution < -0.4 is 10.1 Å². The largest absolute Gasteiger partial charge is 0.497 e. The van der Waals surface area contributed by atoms with Crippen LogP contribution in [0.3, 0.4) is 0 Å². The molecule has 0 unspecified atom stereocenters. The summed E-state index contributed by atoms with van der Waals surface area (Å²) in [6, 6.07) is 7.89. The number of nitrogens with zero attached hydrogens (tertiary/aromatic N) is 1. The lowest BCUT2D eigenvalue weighted by molar-refractivity contribution is -0.141. The van der Waals surface area contributed by atoms with Crippen LogP contribution in [0.4, 0.5) is 0 Å². The van der Waals surface area contributed by atoms with Crippen LogP contribution in [0, 0.1) is 0 Å². The number of likely N-dealkylation sites (N-methyl/N-ethyl adjacent to an activating group) is 1. The van der Waals surface area contributed by atoms with Crippen LogP contribution in [0.1, 0.15) is 18.9 Å². The Bertz CT molecular complexity index is 555. The van der Waals surface area contributed by atoms with Gasteiger partial charge in [-0.2, -0.15) is 0 Å². The van der Waals surface area contributed by atoms with Crippen LogP contribution in [-0.4, -0.2) is 50.6 Å². The summed E-state index contributed by atoms with van der Waals surface area (Å²) < 4.78 is 9.92. The number of nitrogens with one attached hydrogen (secondary N) is 1. The summed E-state index contributed by atoms with van der Waals surface area (Å²) in [6.07, 6.45) is 0.340. The Labute approximate surface area is 143 Å². The normalized spacial score (nSPS) is 10.3. The molecule has 6 heteroatoms. The average Bonchev–Trinajstić information content (AvgIpc) is 2.55. The van der Waals surface area contributed by atoms with E-state index in [1.807, 2.05) is 31.3 Å². The van der Waals surface area contributed by atoms with Gasteiger partial charge in [0.15, 0.2) is 0 Å². The highest BCUT2D eigenvalue weighted by atomic mass is 16.5. The Kier molecular flexibility index (Phi) is 8.57. The van der Waals surface area contributed by atoms with Crippen LogP contribution in [0.15, 0.2) is 36.4 Å². The summed E-state index contributed by atoms with van der Waals surface area (Å²) in [5, 5.41) is 2.81. The van der Waals surface area contributed by atoms with Crippen molar-refractivity contribution in [2.45, 2.75) is 19.9 Å². The number of esters is 1. The van der Waals surface area contributed by atoms with Gasteiger partial charge in [0.05, 0.1) is 13.7 Å². The van der Waals surface area contributed by atoms with Gasteiger partial charge in [0, 0.05) is 38.6 Å². The molecule has 6 nitrogen and oxygen atoms in total. The van der Waals surface area contributed by atoms with E-state index in [1.54, 1.807) is 7.11 Å². The first kappa shape index (κ1) is 19.7. The molecular formula is C18H26N2O4. The summed E-state index contributed by atoms with van der Waals surface area (Å²) in [5.74, 6) is 0.268. The van der Waals surface area contributed by atoms with Gasteiger partial charge in [0.25, 0.3) is 0 Å². The number of carbonyl (C=O) groups is 2. The summed E-state index contributed by atoms with van der Waals surface area (Å²) in [7, 11) is 3.63. The molecule has 1 N–H and O–H groups in total. The molecular weight excluding hydrogens is 308 g/mol. The highest BCUT2D eigenvalue weighted by Gasteiger charge is 2.08. The number of benzene rings is 1. The maximum absolute atomic E-state index is 11.8. The van der Waals surface area contributed by atoms with Gasteiger partial charge in [-0.25, -0.2) is 0 Å². The van der Waals surface area contributed by atoms with Crippen LogP contribution in [-0.2, 0) is 20.9 Å². The lowest BCUT2D eigenvalue weighted by atomic mass is 10.2. The Balaban J connectivity index is 2.23. The van der Waals surface area contributed by atoms with Gasteiger partial charge in [-0.1, -0.05) is 18.7 Å². The minimum absolute atomic E-state index is 0.180. The summed E-state index contributed by atoms with van der Waals surface area (Å²) in [4.78, 5) is 24.6. The van der Waals surface area contributed by atoms with E-state index >= 15 is 0 Å². The van der Waals surface area contributed by atoms with Crippen molar-refractivity contribution in [1.82, 2.24) is 10.2 Å². The number of ether oxygens (including phenoxy) is 2. The topological polar surface area (TPSA) is 67.9 Å². The quantitative estimate of drug-likeness (QED) is 0.521. The minimum atomic E-state index is -0.358. The average molecular weight is 334 g/mol. The number of methoxy groups -OCH3 is 1. The summed E-state index contributed by atoms with van der Waals surface area (Å²) in [6.45, 7) is 7.25. The Hall–Kier alpha value is -2.34. The van der Waals surface area contributed by atoms with E-state index in [9.17, 15) is 9.59 Å². The van der Waals surface area contributed by atoms with Gasteiger partial charge >= 0.3 is 5.97 Å². The van der Waals surface area contributed by atoms with Crippen molar-refractivity contribution in [3.63, 3.8) is 0 Å². The Morgan fingerprint density at radius 2 is 1.92 bits per heavy atom. The van der Waals surface area contributed by atoms with E-state index in [-0.39, 0.29) is 18.5 Å². The molecule has 1 rings (SSSR count). The van der Waals surface area contributed by atoms with Gasteiger partial charge in [-0.15, -0.1) is 0 Å². The predicted octanol–water partition coefficient (Wildman–Crippen LogP) is 1.75. The molecule has 0 aromatic heterocycles. The summed E-state index contributed by atoms with van der Waals surface area (Å²) >= 11 is 0. The zero-order chi connectivity index (χ0) is 17.9. The fraction of sp³-hybridized carbons (Fsp3) is 0.444. The van der Waals surface area contributed by atoms with Crippen LogP contribution in [0.25, 0.3) is 0 Å². The first-order valence-corrected chi connectivity index (χ1v) is 7.83. The maximum Gasteiger partial charge on any atom is 0.302 e. The zero-order valence-corrected chi connectivity index (χ0v) is 14.6. The van der Waals surface area contributed by atoms with Crippen molar-refractivity contribution in [1.29, 1.82) is 0 Å². The van der Waals surface area contributed by atoms with Crippen molar-refractivity contribution >= 4 is 11.9 Å². The third kappa shape index (κ3) is 7.78. The molecule has 132 valence electrons. The molecule has 1 aromatic rings. The minimum Gasteiger partial charge on any atom is -0.497 e. The lowest BCUT2D eigenvalue weighted by Gasteiger charge is -2.17. The lowest BCUT2D eigenvalue weighted by Crippen LogP contribution is -2.33. The number of hydrogen-bond acceptors (Lipinski definition) is 5. The fourth-order valence-corrected chi connectivity index (χ4v) is 2.04. The smallest absolute Gasteiger partial charge is 0.302 e. The summed E-state index contributed by atoms with van der Waals surface area (Å²) in [5.41, 5.74) is 1.59. The van der Waals surface area contributed by atoms with E-state index in [2.05, 4.69) is 16.8 Å². The number of hydrogen-bond donors (Lipinski definition) is 1. The van der Waals surface area contributed by atoms with Crippen LogP contribution in [0.5, 0.6) is 5.75 Å². The molecule has 1 amide bonds. The van der Waals surface area contributed by atoms with Crippen molar-refractivity contribution < 1.29 is 19.1 Å². The Morgan fingerprint density at radius 3 is 2.50 bits per heavy atom. The maximum atomic E-state index is 11.8. The third-order valence-corrected chi connectivity index (χ3v) is 3.42. The number of carbonyl (C=O) groups excluding carboxylic acids is 2. The SMILES string of the molecule is C=C(CCOC(C)=O)C(=O)NCCN(C)Cc1ccc(OC)cc1. The monoisotopic (exact) mass is 334 g/mol. The first-order chi connectivity index (χ1) is 11.4. The third-order valence-electron chi connectivity index (χ3n) is 3.42. The van der Waals surface area contributed by atoms with Crippen molar-refractivity contribution in [2.24, 2.45) is 0 Å². The molecule has 0 saturated heterocycles. The fourth-order valence-electron chi connectivity index (χ4n) is 2.04. The van der Waals surface area contributed by atoms with Gasteiger partial charge in [-0.05, 0) is 24.7 Å². The van der Waals surface area contributed by atoms with Gasteiger partial charge in [0.2, 0.25) is 5.91 Å². The van der Waals surface area contributed by atoms with Crippen LogP contribution in [0.2, 0.25) is 0 Å². The molecule has 0 spiro atoms. The molecule has 24 heavy (non-hydrogen) atoms. The second-order valence-electron chi connectivity index (χ2n) is 5.54. The van der Waals surface area contributed by atoms with Crippen molar-refractivity contribution in [3.8, 4) is 5.75 Å². The van der Waals surface area contributed by atoms with Gasteiger partial charge in [-0.3, -0.25) is 9.59 Å². The van der Waals surface area contributed by atoms with Gasteiger partial charge < -0.3 is 19.7 Å². The molecule has 1 aromatic carbocycles. The Morgan fingerprint density at radius 1 is 1.25 bits per heavy atom. The van der Waals surface area contributed by atoms with Crippen molar-refractivity contribution in [2.75, 3.05) is 33.9 Å². The molecule has 0 aliphatic heterocycles. The molecule has 0 saturated carbocycles. The van der Waals surface area contributed by atoms with Gasteiger partial charge in [0.1, 0.15) is 5.75 Å². The first-order valence-electron chi connectivity index (χ1n) is 7.83. The van der Waals surface area contributed by atoms with E-state index in [1.165, 1.54) is 12.5 Å². The molecule has 0 aliphatic carbocycles. The molecule has 0 radical (unpaired) electrons. The molecule has 0 bridgehead atoms. The highest BCUT2D eigenvalue weighted by molar-refractivity contribution is 5.92. The van der Waals surface area contributed by atoms with Crippen LogP contribution >= 0.6 is 0 Å². The molecule has 0 aliphatic rings. The molecule has 0 atom stereocenters.